The van der Waals surface area contributed by atoms with Crippen molar-refractivity contribution in [2.45, 2.75) is 32.5 Å². The lowest BCUT2D eigenvalue weighted by atomic mass is 9.94. The maximum absolute atomic E-state index is 12.6. The lowest BCUT2D eigenvalue weighted by molar-refractivity contribution is 0.0954. The molecule has 7 nitrogen and oxygen atoms in total. The molecular formula is C26H17N3O4. The second-order valence-electron chi connectivity index (χ2n) is 7.91. The maximum atomic E-state index is 12.6. The second-order valence-corrected chi connectivity index (χ2v) is 7.91. The molecule has 7 heteroatoms. The third-order valence-electron chi connectivity index (χ3n) is 5.33. The molecule has 0 unspecified atom stereocenters. The van der Waals surface area contributed by atoms with E-state index in [1.54, 1.807) is 44.2 Å². The van der Waals surface area contributed by atoms with Gasteiger partial charge >= 0.3 is 5.63 Å². The van der Waals surface area contributed by atoms with Crippen LogP contribution in [-0.4, -0.2) is 12.2 Å². The first-order chi connectivity index (χ1) is 15.9. The number of nitrogens with zero attached hydrogens (tertiary/aromatic N) is 3. The van der Waals surface area contributed by atoms with Gasteiger partial charge in [0.2, 0.25) is 0 Å². The second kappa shape index (κ2) is 8.52. The van der Waals surface area contributed by atoms with Gasteiger partial charge in [0.05, 0.1) is 18.8 Å². The van der Waals surface area contributed by atoms with E-state index in [1.165, 1.54) is 6.08 Å². The first-order valence-electron chi connectivity index (χ1n) is 10.1. The van der Waals surface area contributed by atoms with Crippen molar-refractivity contribution in [3.63, 3.8) is 0 Å². The van der Waals surface area contributed by atoms with E-state index in [0.29, 0.717) is 36.2 Å². The molecule has 2 aliphatic heterocycles. The number of hydrogen-bond acceptors (Lipinski definition) is 7. The van der Waals surface area contributed by atoms with Crippen molar-refractivity contribution in [1.29, 1.82) is 15.8 Å². The summed E-state index contributed by atoms with van der Waals surface area (Å²) in [6.07, 6.45) is 3.77. The van der Waals surface area contributed by atoms with E-state index >= 15 is 0 Å². The van der Waals surface area contributed by atoms with Crippen molar-refractivity contribution in [2.75, 3.05) is 6.61 Å². The zero-order valence-corrected chi connectivity index (χ0v) is 18.0. The van der Waals surface area contributed by atoms with E-state index in [0.717, 1.165) is 11.1 Å². The van der Waals surface area contributed by atoms with Crippen molar-refractivity contribution in [3.05, 3.63) is 73.9 Å². The third-order valence-corrected chi connectivity index (χ3v) is 5.33. The van der Waals surface area contributed by atoms with Gasteiger partial charge in [-0.1, -0.05) is 17.9 Å². The Kier molecular flexibility index (Phi) is 5.60. The van der Waals surface area contributed by atoms with Gasteiger partial charge in [0.15, 0.2) is 11.3 Å². The quantitative estimate of drug-likeness (QED) is 0.397. The summed E-state index contributed by atoms with van der Waals surface area (Å²) in [5, 5.41) is 28.7. The Morgan fingerprint density at radius 1 is 1.15 bits per heavy atom. The number of nitriles is 3. The maximum Gasteiger partial charge on any atom is 0.343 e. The van der Waals surface area contributed by atoms with E-state index in [2.05, 4.69) is 11.8 Å². The molecule has 4 rings (SSSR count). The molecule has 160 valence electrons. The molecule has 0 atom stereocenters. The van der Waals surface area contributed by atoms with E-state index in [-0.39, 0.29) is 22.5 Å². The van der Waals surface area contributed by atoms with Crippen LogP contribution in [-0.2, 0) is 16.1 Å². The highest BCUT2D eigenvalue weighted by Gasteiger charge is 2.38. The topological polar surface area (TPSA) is 120 Å². The normalized spacial score (nSPS) is 16.5. The summed E-state index contributed by atoms with van der Waals surface area (Å²) in [5.74, 6) is 6.06. The fourth-order valence-electron chi connectivity index (χ4n) is 3.70. The van der Waals surface area contributed by atoms with Crippen LogP contribution in [0.5, 0.6) is 0 Å². The van der Waals surface area contributed by atoms with Crippen molar-refractivity contribution in [3.8, 4) is 30.0 Å². The Bertz CT molecular complexity index is 1500. The van der Waals surface area contributed by atoms with Crippen LogP contribution in [0.1, 0.15) is 37.0 Å². The Labute approximate surface area is 190 Å². The monoisotopic (exact) mass is 435 g/mol. The molecular weight excluding hydrogens is 418 g/mol. The Morgan fingerprint density at radius 2 is 1.94 bits per heavy atom. The van der Waals surface area contributed by atoms with E-state index < -0.39 is 11.2 Å². The number of ether oxygens (including phenoxy) is 2. The minimum Gasteiger partial charge on any atom is -0.480 e. The smallest absolute Gasteiger partial charge is 0.343 e. The number of hydrogen-bond donors (Lipinski definition) is 0. The minimum atomic E-state index is -0.973. The number of rotatable bonds is 2. The lowest BCUT2D eigenvalue weighted by Gasteiger charge is -2.20. The van der Waals surface area contributed by atoms with Crippen molar-refractivity contribution in [2.24, 2.45) is 0 Å². The average molecular weight is 435 g/mol. The highest BCUT2D eigenvalue weighted by Crippen LogP contribution is 2.40. The summed E-state index contributed by atoms with van der Waals surface area (Å²) in [4.78, 5) is 12.6. The van der Waals surface area contributed by atoms with Crippen LogP contribution >= 0.6 is 0 Å². The third kappa shape index (κ3) is 4.02. The molecule has 3 heterocycles. The van der Waals surface area contributed by atoms with Gasteiger partial charge in [-0.25, -0.2) is 4.79 Å². The molecule has 2 aromatic rings. The molecule has 0 N–H and O–H groups in total. The standard InChI is InChI=1S/C26H17N3O4/c1-26(2)22(21(14-29)24(33-26)20(12-27)13-28)7-6-17-9-18-10-19-15-31-8-4-3-5-16(19)11-23(18)32-25(17)30/h6-7,9-11H,4,8,15H2,1-2H3. The molecule has 1 aromatic carbocycles. The van der Waals surface area contributed by atoms with E-state index in [9.17, 15) is 20.6 Å². The van der Waals surface area contributed by atoms with Gasteiger partial charge in [-0.3, -0.25) is 0 Å². The molecule has 0 spiro atoms. The summed E-state index contributed by atoms with van der Waals surface area (Å²) in [6, 6.07) is 10.8. The number of fused-ring (bicyclic) bond motifs is 2. The van der Waals surface area contributed by atoms with Crippen molar-refractivity contribution < 1.29 is 13.9 Å². The van der Waals surface area contributed by atoms with Gasteiger partial charge in [0.25, 0.3) is 0 Å². The Hall–Kier alpha value is -4.56. The largest absolute Gasteiger partial charge is 0.480 e. The molecule has 0 saturated heterocycles. The van der Waals surface area contributed by atoms with Gasteiger partial charge in [-0.15, -0.1) is 0 Å². The van der Waals surface area contributed by atoms with Crippen LogP contribution in [0, 0.1) is 45.8 Å². The summed E-state index contributed by atoms with van der Waals surface area (Å²) in [6.45, 7) is 4.41. The zero-order valence-electron chi connectivity index (χ0n) is 18.0. The molecule has 33 heavy (non-hydrogen) atoms. The number of allylic oxidation sites excluding steroid dienone is 2. The summed E-state index contributed by atoms with van der Waals surface area (Å²) in [5.41, 5.74) is 1.11. The molecule has 0 radical (unpaired) electrons. The minimum absolute atomic E-state index is 0.0579. The molecule has 0 fully saturated rings. The summed E-state index contributed by atoms with van der Waals surface area (Å²) < 4.78 is 16.9. The van der Waals surface area contributed by atoms with Crippen LogP contribution in [0.2, 0.25) is 0 Å². The fourth-order valence-corrected chi connectivity index (χ4v) is 3.70. The molecule has 2 aliphatic rings. The van der Waals surface area contributed by atoms with Crippen LogP contribution < -0.4 is 5.63 Å². The predicted molar refractivity (Wildman–Crippen MR) is 119 cm³/mol. The van der Waals surface area contributed by atoms with Gasteiger partial charge in [0.1, 0.15) is 35.0 Å². The molecule has 0 saturated carbocycles. The predicted octanol–water partition coefficient (Wildman–Crippen LogP) is 4.01. The van der Waals surface area contributed by atoms with Crippen LogP contribution in [0.3, 0.4) is 0 Å². The van der Waals surface area contributed by atoms with E-state index in [1.807, 2.05) is 12.1 Å². The molecule has 0 bridgehead atoms. The molecule has 0 aliphatic carbocycles. The van der Waals surface area contributed by atoms with Gasteiger partial charge in [-0.05, 0) is 43.7 Å². The first kappa shape index (κ1) is 21.7. The van der Waals surface area contributed by atoms with Crippen molar-refractivity contribution in [1.82, 2.24) is 0 Å². The zero-order chi connectivity index (χ0) is 23.6. The van der Waals surface area contributed by atoms with Crippen LogP contribution in [0.15, 0.2) is 56.0 Å². The first-order valence-corrected chi connectivity index (χ1v) is 10.1. The van der Waals surface area contributed by atoms with Gasteiger partial charge < -0.3 is 13.9 Å². The summed E-state index contributed by atoms with van der Waals surface area (Å²) in [7, 11) is 0. The Morgan fingerprint density at radius 3 is 2.67 bits per heavy atom. The summed E-state index contributed by atoms with van der Waals surface area (Å²) >= 11 is 0. The van der Waals surface area contributed by atoms with Gasteiger partial charge in [-0.2, -0.15) is 15.8 Å². The van der Waals surface area contributed by atoms with Gasteiger partial charge in [0, 0.05) is 22.9 Å². The highest BCUT2D eigenvalue weighted by molar-refractivity contribution is 5.82. The Balaban J connectivity index is 1.81. The average Bonchev–Trinajstić information content (AvgIpc) is 3.03. The molecule has 0 amide bonds. The lowest BCUT2D eigenvalue weighted by Crippen LogP contribution is -2.20. The number of benzene rings is 1. The van der Waals surface area contributed by atoms with Crippen LogP contribution in [0.4, 0.5) is 0 Å². The molecule has 1 aromatic heterocycles. The SMILES string of the molecule is CC1(C)OC(=C(C#N)C#N)C(C#N)=C1C=Cc1cc2cc3c(cc2oc1=O)C#CCCOC3. The highest BCUT2D eigenvalue weighted by atomic mass is 16.5. The van der Waals surface area contributed by atoms with E-state index in [4.69, 9.17) is 13.9 Å². The van der Waals surface area contributed by atoms with Crippen molar-refractivity contribution >= 4 is 17.0 Å². The van der Waals surface area contributed by atoms with Crippen LogP contribution in [0.25, 0.3) is 17.0 Å². The fraction of sp³-hybridized carbons (Fsp3) is 0.231.